The van der Waals surface area contributed by atoms with Crippen LogP contribution in [0.25, 0.3) is 0 Å². The first-order valence-electron chi connectivity index (χ1n) is 47.3. The third-order valence-corrected chi connectivity index (χ3v) is 29.1. The maximum absolute atomic E-state index is 13.1. The van der Waals surface area contributed by atoms with E-state index >= 15 is 0 Å². The van der Waals surface area contributed by atoms with Gasteiger partial charge in [-0.25, -0.2) is 34.7 Å². The molecule has 11 rings (SSSR count). The molecule has 43 heteroatoms. The number of aliphatic carboxylic acids is 2. The van der Waals surface area contributed by atoms with Gasteiger partial charge in [0.25, 0.3) is 0 Å². The maximum Gasteiger partial charge on any atom is 0.303 e. The highest BCUT2D eigenvalue weighted by Crippen LogP contribution is 2.43. The van der Waals surface area contributed by atoms with Gasteiger partial charge in [-0.3, -0.25) is 49.0 Å². The summed E-state index contributed by atoms with van der Waals surface area (Å²) in [4.78, 5) is 92.3. The summed E-state index contributed by atoms with van der Waals surface area (Å²) in [6.45, 7) is 12.0. The summed E-state index contributed by atoms with van der Waals surface area (Å²) in [5.74, 6) is -2.15. The van der Waals surface area contributed by atoms with Crippen LogP contribution < -0.4 is 31.1 Å². The van der Waals surface area contributed by atoms with E-state index in [0.717, 1.165) is 102 Å². The van der Waals surface area contributed by atoms with Crippen LogP contribution in [0.5, 0.6) is 0 Å². The molecule has 3 atom stereocenters. The first-order chi connectivity index (χ1) is 67.5. The number of likely N-dealkylation sites (N-methyl/N-ethyl adjacent to an activating group) is 3. The van der Waals surface area contributed by atoms with Gasteiger partial charge in [0, 0.05) is 184 Å². The number of halogens is 6. The maximum atomic E-state index is 13.1. The number of unbranched alkanes of at least 4 members (excludes halogenated alkanes) is 6. The minimum absolute atomic E-state index is 0.0147. The summed E-state index contributed by atoms with van der Waals surface area (Å²) in [5, 5.41) is 27.2. The van der Waals surface area contributed by atoms with Crippen molar-refractivity contribution in [3.63, 3.8) is 0 Å². The van der Waals surface area contributed by atoms with E-state index in [9.17, 15) is 63.6 Å². The van der Waals surface area contributed by atoms with Gasteiger partial charge in [-0.15, -0.1) is 0 Å². The number of benzene rings is 6. The topological polar surface area (TPSA) is 458 Å². The zero-order valence-electron chi connectivity index (χ0n) is 80.3. The molecule has 782 valence electrons. The molecule has 3 unspecified atom stereocenters. The molecule has 34 nitrogen and oxygen atoms in total. The van der Waals surface area contributed by atoms with E-state index in [4.69, 9.17) is 128 Å². The number of hydrogen-bond donors (Lipinski definition) is 8. The van der Waals surface area contributed by atoms with Gasteiger partial charge in [0.1, 0.15) is 5.78 Å². The molecule has 2 fully saturated rings. The summed E-state index contributed by atoms with van der Waals surface area (Å²) in [6.07, 6.45) is 10.5. The Morgan fingerprint density at radius 1 is 0.376 bits per heavy atom. The van der Waals surface area contributed by atoms with Crippen molar-refractivity contribution in [3.05, 3.63) is 189 Å². The highest BCUT2D eigenvalue weighted by molar-refractivity contribution is 7.91. The number of carboxylic acid groups (broad SMARTS) is 2. The lowest BCUT2D eigenvalue weighted by Gasteiger charge is -2.33. The lowest BCUT2D eigenvalue weighted by Crippen LogP contribution is -2.31. The summed E-state index contributed by atoms with van der Waals surface area (Å²) in [7, 11) is -4.94. The molecule has 5 aliphatic heterocycles. The van der Waals surface area contributed by atoms with E-state index in [1.54, 1.807) is 72.8 Å². The number of sulfone groups is 1. The van der Waals surface area contributed by atoms with E-state index < -0.39 is 41.8 Å². The Kier molecular flexibility index (Phi) is 56.5. The monoisotopic (exact) mass is 2140 g/mol. The number of Topliss-reactive ketones (excluding diaryl/α,β-unsaturated/α-hetero) is 1. The zero-order valence-corrected chi connectivity index (χ0v) is 87.2. The van der Waals surface area contributed by atoms with Crippen LogP contribution in [0.4, 0.5) is 0 Å². The van der Waals surface area contributed by atoms with Gasteiger partial charge in [0.05, 0.1) is 126 Å². The largest absolute Gasteiger partial charge is 0.481 e. The third kappa shape index (κ3) is 46.5. The Balaban J connectivity index is 0.000000355. The normalized spacial score (nSPS) is 15.9. The van der Waals surface area contributed by atoms with Crippen LogP contribution >= 0.6 is 69.6 Å². The number of ketones is 1. The van der Waals surface area contributed by atoms with Gasteiger partial charge < -0.3 is 78.6 Å². The third-order valence-electron chi connectivity index (χ3n) is 22.7. The van der Waals surface area contributed by atoms with Crippen molar-refractivity contribution in [2.45, 2.75) is 174 Å². The van der Waals surface area contributed by atoms with Crippen molar-refractivity contribution < 1.29 is 116 Å². The minimum Gasteiger partial charge on any atom is -0.481 e. The number of hydrogen-bond acceptors (Lipinski definition) is 27. The van der Waals surface area contributed by atoms with Crippen LogP contribution in [0.1, 0.15) is 190 Å². The number of fused-ring (bicyclic) bond motifs is 3. The van der Waals surface area contributed by atoms with Crippen LogP contribution in [0.3, 0.4) is 0 Å². The Bertz CT molecular complexity index is 5070. The summed E-state index contributed by atoms with van der Waals surface area (Å²) in [5.41, 5.74) is 14.1. The number of nitrogens with one attached hydrogen (secondary N) is 5. The molecular formula is C98H135Cl6N9O25S3. The fraction of sp³-hybridized carbons (Fsp3) is 0.551. The fourth-order valence-corrected chi connectivity index (χ4v) is 20.9. The number of carbonyl (C=O) groups excluding carboxylic acids is 6. The Morgan fingerprint density at radius 2 is 0.681 bits per heavy atom. The molecule has 0 aliphatic carbocycles. The predicted octanol–water partition coefficient (Wildman–Crippen LogP) is 12.7. The molecule has 0 spiro atoms. The van der Waals surface area contributed by atoms with Crippen molar-refractivity contribution >= 4 is 147 Å². The second-order valence-corrected chi connectivity index (χ2v) is 42.3. The van der Waals surface area contributed by atoms with Gasteiger partial charge in [-0.1, -0.05) is 132 Å². The molecule has 0 bridgehead atoms. The van der Waals surface area contributed by atoms with Crippen LogP contribution in [0.2, 0.25) is 30.1 Å². The average Bonchev–Trinajstić information content (AvgIpc) is 0.906. The van der Waals surface area contributed by atoms with Crippen LogP contribution in [-0.4, -0.2) is 289 Å². The van der Waals surface area contributed by atoms with E-state index in [1.807, 2.05) is 57.5 Å². The number of ether oxygens (including phenoxy) is 9. The van der Waals surface area contributed by atoms with E-state index in [-0.39, 0.29) is 108 Å². The highest BCUT2D eigenvalue weighted by atomic mass is 35.5. The molecule has 0 saturated carbocycles. The van der Waals surface area contributed by atoms with Gasteiger partial charge >= 0.3 is 11.9 Å². The molecule has 2 saturated heterocycles. The van der Waals surface area contributed by atoms with Gasteiger partial charge in [-0.2, -0.15) is 0 Å². The molecule has 5 amide bonds. The zero-order chi connectivity index (χ0) is 103. The Labute approximate surface area is 858 Å². The van der Waals surface area contributed by atoms with Crippen molar-refractivity contribution in [1.29, 1.82) is 0 Å². The van der Waals surface area contributed by atoms with Crippen molar-refractivity contribution in [2.75, 3.05) is 192 Å². The minimum atomic E-state index is -3.77. The Morgan fingerprint density at radius 3 is 1.03 bits per heavy atom. The van der Waals surface area contributed by atoms with Gasteiger partial charge in [-0.05, 0) is 183 Å². The second kappa shape index (κ2) is 66.0. The highest BCUT2D eigenvalue weighted by Gasteiger charge is 2.33. The number of sulfonamides is 2. The number of imide groups is 2. The second-order valence-electron chi connectivity index (χ2n) is 34.2. The Hall–Kier alpha value is -7.33. The van der Waals surface area contributed by atoms with Crippen LogP contribution in [0, 0.1) is 0 Å². The molecule has 9 N–H and O–H groups in total. The fourth-order valence-electron chi connectivity index (χ4n) is 15.7. The molecular weight excluding hydrogens is 2010 g/mol. The SMILES string of the molecule is CN1Cc2c(Cl)cc(Cl)cc2C(c2cccc(S(=O)(=O)CCCOCCOCCOCCN)c2)C1.CN1Cc2c(Cl)cc(Cl)cc2C(c2cccc(S(=O)(=O)NCCOCCOCCOCCCC(=O)CCCCCCC(=O)NCCOCCOCCOCCNS(=O)(=O)c3cccc(C4CN(C)Cc5c(Cl)cc(Cl)cc54)c3)c2)C1.O=C(O)CCCCCCC(=O)O.O=C1CCC(=O)N1.O=C1CCC(=O)N1. The van der Waals surface area contributed by atoms with Crippen LogP contribution in [0.15, 0.2) is 124 Å². The summed E-state index contributed by atoms with van der Waals surface area (Å²) in [6, 6.07) is 32.1. The van der Waals surface area contributed by atoms with Crippen molar-refractivity contribution in [2.24, 2.45) is 5.73 Å². The molecule has 141 heavy (non-hydrogen) atoms. The van der Waals surface area contributed by atoms with Gasteiger partial charge in [0.2, 0.25) is 49.6 Å². The van der Waals surface area contributed by atoms with E-state index in [0.29, 0.717) is 251 Å². The molecule has 0 radical (unpaired) electrons. The first-order valence-corrected chi connectivity index (χ1v) is 54.2. The van der Waals surface area contributed by atoms with E-state index in [2.05, 4.69) is 40.1 Å². The van der Waals surface area contributed by atoms with Crippen molar-refractivity contribution in [1.82, 2.24) is 40.1 Å². The molecule has 6 aromatic rings. The molecule has 5 aliphatic rings. The summed E-state index contributed by atoms with van der Waals surface area (Å²) >= 11 is 38.5. The smallest absolute Gasteiger partial charge is 0.303 e. The quantitative estimate of drug-likeness (QED) is 0.0130. The molecule has 6 aromatic carbocycles. The lowest BCUT2D eigenvalue weighted by atomic mass is 9.85. The standard InChI is InChI=1S/C57H77Cl4N5O12S2.C25H34Cl2N2O5S.C8H14O4.2C4H5NO2/c1-65-38-51(49-34-44(58)36-55(60)53(49)40-65)42-10-7-14-47(32-42)79(69,70)63-18-22-75-26-30-77-28-24-73-20-9-13-46(67)12-5-3-4-6-16-57(68)62-17-21-74-25-29-78-31-27-76-23-19-64-80(71,72)48-15-8-11-43(33-48)52-39-66(2)41-54-50(52)35-45(59)37-56(54)61;1-29-17-23(22-15-20(26)16-25(27)24(22)18-29)19-4-2-5-21(14-19)35(30,31)13-3-7-32-9-11-34-12-10-33-8-6-28;9-7(10)5-3-1-2-4-6-8(11)12;2*6-3-1-2-4(7)5-3/h7-8,10-11,14-15,32-37,51-52,63-64H,3-6,9,12-13,16-31,38-41H2,1-2H3,(H,62,68);2,4-5,14-16,23H,3,6-13,17-18,28H2,1H3;1-6H2,(H,9,10)(H,11,12);2*1-2H2,(H,5,6,7). The van der Waals surface area contributed by atoms with Crippen molar-refractivity contribution in [3.8, 4) is 0 Å². The van der Waals surface area contributed by atoms with E-state index in [1.165, 1.54) is 0 Å². The number of nitrogens with zero attached hydrogens (tertiary/aromatic N) is 3. The number of rotatable bonds is 59. The average molecular weight is 2150 g/mol. The number of amides is 5. The molecule has 0 aromatic heterocycles. The predicted molar refractivity (Wildman–Crippen MR) is 539 cm³/mol. The van der Waals surface area contributed by atoms with Crippen LogP contribution in [-0.2, 0) is 131 Å². The molecule has 5 heterocycles. The number of carboxylic acids is 2. The number of nitrogens with two attached hydrogens (primary N) is 1. The lowest BCUT2D eigenvalue weighted by molar-refractivity contribution is -0.138. The first kappa shape index (κ1) is 121. The van der Waals surface area contributed by atoms with Gasteiger partial charge in [0.15, 0.2) is 9.84 Å². The summed E-state index contributed by atoms with van der Waals surface area (Å²) < 4.78 is 133. The number of carbonyl (C=O) groups is 8.